The first-order valence-corrected chi connectivity index (χ1v) is 9.96. The number of carbonyl (C=O) groups excluding carboxylic acids is 2. The molecule has 0 saturated heterocycles. The molecule has 0 bridgehead atoms. The van der Waals surface area contributed by atoms with Gasteiger partial charge in [0.2, 0.25) is 0 Å². The van der Waals surface area contributed by atoms with E-state index in [0.717, 1.165) is 5.52 Å². The number of anilines is 3. The van der Waals surface area contributed by atoms with Crippen molar-refractivity contribution in [3.05, 3.63) is 72.2 Å². The second-order valence-electron chi connectivity index (χ2n) is 8.18. The number of fused-ring (bicyclic) bond motifs is 1. The molecular weight excluding hydrogens is 408 g/mol. The first kappa shape index (κ1) is 21.0. The minimum Gasteiger partial charge on any atom is -0.359 e. The zero-order chi connectivity index (χ0) is 22.7. The Bertz CT molecular complexity index is 1270. The normalized spacial score (nSPS) is 11.2. The lowest BCUT2D eigenvalue weighted by atomic mass is 9.93. The van der Waals surface area contributed by atoms with E-state index in [0.29, 0.717) is 28.5 Å². The maximum Gasteiger partial charge on any atom is 0.324 e. The van der Waals surface area contributed by atoms with Crippen LogP contribution in [0.1, 0.15) is 37.0 Å². The topological polar surface area (TPSA) is 122 Å². The molecule has 0 aliphatic heterocycles. The van der Waals surface area contributed by atoms with Gasteiger partial charge < -0.3 is 15.2 Å². The fraction of sp³-hybridized carbons (Fsp3) is 0.174. The van der Waals surface area contributed by atoms with Crippen LogP contribution in [0.3, 0.4) is 0 Å². The van der Waals surface area contributed by atoms with Crippen molar-refractivity contribution in [2.24, 2.45) is 0 Å². The molecule has 0 saturated carbocycles. The third-order valence-electron chi connectivity index (χ3n) is 4.57. The first-order chi connectivity index (χ1) is 15.3. The number of aromatic nitrogens is 3. The van der Waals surface area contributed by atoms with Crippen molar-refractivity contribution in [2.75, 3.05) is 16.0 Å². The predicted molar refractivity (Wildman–Crippen MR) is 122 cm³/mol. The molecule has 9 nitrogen and oxygen atoms in total. The van der Waals surface area contributed by atoms with Gasteiger partial charge in [0.05, 0.1) is 17.2 Å². The van der Waals surface area contributed by atoms with Crippen molar-refractivity contribution in [2.45, 2.75) is 26.2 Å². The summed E-state index contributed by atoms with van der Waals surface area (Å²) in [7, 11) is 0. The first-order valence-electron chi connectivity index (χ1n) is 9.96. The molecule has 2 aromatic carbocycles. The number of hydrogen-bond donors (Lipinski definition) is 3. The Morgan fingerprint density at radius 1 is 0.875 bits per heavy atom. The quantitative estimate of drug-likeness (QED) is 0.427. The lowest BCUT2D eigenvalue weighted by molar-refractivity contribution is 0.102. The van der Waals surface area contributed by atoms with Gasteiger partial charge in [-0.2, -0.15) is 0 Å². The molecule has 0 unspecified atom stereocenters. The lowest BCUT2D eigenvalue weighted by Gasteiger charge is -2.12. The van der Waals surface area contributed by atoms with Crippen LogP contribution in [0.25, 0.3) is 11.0 Å². The van der Waals surface area contributed by atoms with E-state index >= 15 is 0 Å². The maximum absolute atomic E-state index is 12.5. The van der Waals surface area contributed by atoms with E-state index in [2.05, 4.69) is 31.1 Å². The van der Waals surface area contributed by atoms with Crippen LogP contribution in [0.2, 0.25) is 0 Å². The van der Waals surface area contributed by atoms with Gasteiger partial charge in [-0.05, 0) is 36.4 Å². The smallest absolute Gasteiger partial charge is 0.324 e. The van der Waals surface area contributed by atoms with Crippen LogP contribution in [-0.2, 0) is 5.41 Å². The number of carbonyl (C=O) groups is 2. The van der Waals surface area contributed by atoms with Crippen LogP contribution in [0, 0.1) is 0 Å². The molecule has 2 heterocycles. The fourth-order valence-electron chi connectivity index (χ4n) is 2.86. The summed E-state index contributed by atoms with van der Waals surface area (Å²) in [5, 5.41) is 12.0. The molecule has 162 valence electrons. The van der Waals surface area contributed by atoms with Crippen LogP contribution in [0.4, 0.5) is 22.0 Å². The number of para-hydroxylation sites is 2. The number of rotatable bonds is 4. The van der Waals surface area contributed by atoms with Gasteiger partial charge in [0.25, 0.3) is 5.91 Å². The van der Waals surface area contributed by atoms with Gasteiger partial charge in [-0.3, -0.25) is 15.1 Å². The molecule has 0 fully saturated rings. The summed E-state index contributed by atoms with van der Waals surface area (Å²) >= 11 is 0. The van der Waals surface area contributed by atoms with Crippen molar-refractivity contribution in [1.29, 1.82) is 0 Å². The maximum atomic E-state index is 12.5. The summed E-state index contributed by atoms with van der Waals surface area (Å²) in [6.07, 6.45) is 1.44. The van der Waals surface area contributed by atoms with Crippen LogP contribution in [0.15, 0.2) is 65.3 Å². The highest BCUT2D eigenvalue weighted by Gasteiger charge is 2.20. The summed E-state index contributed by atoms with van der Waals surface area (Å²) in [5.41, 5.74) is 2.48. The van der Waals surface area contributed by atoms with Gasteiger partial charge in [0, 0.05) is 22.9 Å². The van der Waals surface area contributed by atoms with E-state index in [-0.39, 0.29) is 17.0 Å². The van der Waals surface area contributed by atoms with Crippen molar-refractivity contribution >= 4 is 40.2 Å². The molecule has 2 aromatic heterocycles. The minimum absolute atomic E-state index is 0.206. The Labute approximate surface area is 184 Å². The van der Waals surface area contributed by atoms with E-state index < -0.39 is 6.03 Å². The van der Waals surface area contributed by atoms with E-state index in [9.17, 15) is 9.59 Å². The molecule has 4 aromatic rings. The molecular formula is C23H22N6O3. The van der Waals surface area contributed by atoms with Crippen LogP contribution in [0.5, 0.6) is 0 Å². The molecule has 0 atom stereocenters. The second kappa shape index (κ2) is 8.46. The highest BCUT2D eigenvalue weighted by Crippen LogP contribution is 2.24. The molecule has 0 aliphatic carbocycles. The number of benzene rings is 2. The van der Waals surface area contributed by atoms with Gasteiger partial charge in [0.1, 0.15) is 11.5 Å². The Balaban J connectivity index is 1.35. The zero-order valence-corrected chi connectivity index (χ0v) is 17.8. The van der Waals surface area contributed by atoms with Gasteiger partial charge in [-0.25, -0.2) is 9.78 Å². The zero-order valence-electron chi connectivity index (χ0n) is 17.8. The van der Waals surface area contributed by atoms with Gasteiger partial charge in [-0.1, -0.05) is 38.1 Å². The molecule has 4 rings (SSSR count). The van der Waals surface area contributed by atoms with E-state index in [1.165, 1.54) is 6.20 Å². The number of nitrogens with zero attached hydrogens (tertiary/aromatic N) is 3. The van der Waals surface area contributed by atoms with E-state index in [1.807, 2.05) is 39.0 Å². The number of urea groups is 1. The molecule has 3 N–H and O–H groups in total. The SMILES string of the molecule is CC(C)(C)c1cc(NC(=O)Nc2ccc(NC(=O)c3cnc4ccccc4n3)cc2)no1. The van der Waals surface area contributed by atoms with Crippen molar-refractivity contribution in [1.82, 2.24) is 15.1 Å². The van der Waals surface area contributed by atoms with Crippen molar-refractivity contribution in [3.63, 3.8) is 0 Å². The number of nitrogens with one attached hydrogen (secondary N) is 3. The van der Waals surface area contributed by atoms with Crippen molar-refractivity contribution in [3.8, 4) is 0 Å². The standard InChI is InChI=1S/C23H22N6O3/c1-23(2,3)19-12-20(29-32-19)28-22(31)26-15-10-8-14(9-11-15)25-21(30)18-13-24-16-6-4-5-7-17(16)27-18/h4-13H,1-3H3,(H,25,30)(H2,26,28,29,31). The molecule has 32 heavy (non-hydrogen) atoms. The number of hydrogen-bond acceptors (Lipinski definition) is 6. The molecule has 0 spiro atoms. The summed E-state index contributed by atoms with van der Waals surface area (Å²) in [5.74, 6) is 0.624. The highest BCUT2D eigenvalue weighted by molar-refractivity contribution is 6.04. The van der Waals surface area contributed by atoms with Crippen LogP contribution < -0.4 is 16.0 Å². The van der Waals surface area contributed by atoms with Gasteiger partial charge >= 0.3 is 6.03 Å². The van der Waals surface area contributed by atoms with Crippen LogP contribution >= 0.6 is 0 Å². The van der Waals surface area contributed by atoms with Gasteiger partial charge in [-0.15, -0.1) is 0 Å². The van der Waals surface area contributed by atoms with E-state index in [4.69, 9.17) is 4.52 Å². The molecule has 9 heteroatoms. The Morgan fingerprint density at radius 2 is 1.53 bits per heavy atom. The Morgan fingerprint density at radius 3 is 2.19 bits per heavy atom. The van der Waals surface area contributed by atoms with Crippen molar-refractivity contribution < 1.29 is 14.1 Å². The Hall–Kier alpha value is -4.27. The minimum atomic E-state index is -0.456. The average Bonchev–Trinajstić information content (AvgIpc) is 3.23. The average molecular weight is 430 g/mol. The molecule has 3 amide bonds. The Kier molecular flexibility index (Phi) is 5.55. The fourth-order valence-corrected chi connectivity index (χ4v) is 2.86. The molecule has 0 aliphatic rings. The highest BCUT2D eigenvalue weighted by atomic mass is 16.5. The third-order valence-corrected chi connectivity index (χ3v) is 4.57. The van der Waals surface area contributed by atoms with E-state index in [1.54, 1.807) is 36.4 Å². The predicted octanol–water partition coefficient (Wildman–Crippen LogP) is 4.81. The summed E-state index contributed by atoms with van der Waals surface area (Å²) in [6.45, 7) is 5.97. The van der Waals surface area contributed by atoms with Gasteiger partial charge in [0.15, 0.2) is 5.82 Å². The summed E-state index contributed by atoms with van der Waals surface area (Å²) in [6, 6.07) is 15.3. The summed E-state index contributed by atoms with van der Waals surface area (Å²) < 4.78 is 5.25. The number of amides is 3. The lowest BCUT2D eigenvalue weighted by Crippen LogP contribution is -2.19. The largest absolute Gasteiger partial charge is 0.359 e. The molecule has 0 radical (unpaired) electrons. The monoisotopic (exact) mass is 430 g/mol. The second-order valence-corrected chi connectivity index (χ2v) is 8.18. The third kappa shape index (κ3) is 4.89. The summed E-state index contributed by atoms with van der Waals surface area (Å²) in [4.78, 5) is 33.3. The van der Waals surface area contributed by atoms with Crippen LogP contribution in [-0.4, -0.2) is 27.1 Å².